The Labute approximate surface area is 189 Å². The third-order valence-electron chi connectivity index (χ3n) is 4.72. The summed E-state index contributed by atoms with van der Waals surface area (Å²) in [6.07, 6.45) is 20.1. The van der Waals surface area contributed by atoms with Crippen molar-refractivity contribution in [3.63, 3.8) is 0 Å². The topological polar surface area (TPSA) is 24.1 Å². The van der Waals surface area contributed by atoms with E-state index in [1.807, 2.05) is 31.2 Å². The molecule has 0 fully saturated rings. The maximum atomic E-state index is 4.64. The molecule has 1 unspecified atom stereocenters. The van der Waals surface area contributed by atoms with Gasteiger partial charge in [0.05, 0.1) is 0 Å². The Morgan fingerprint density at radius 3 is 2.45 bits per heavy atom. The van der Waals surface area contributed by atoms with Crippen LogP contribution in [0.2, 0.25) is 0 Å². The van der Waals surface area contributed by atoms with Crippen molar-refractivity contribution in [2.24, 2.45) is 0 Å². The van der Waals surface area contributed by atoms with Crippen molar-refractivity contribution in [3.8, 4) is 0 Å². The SMILES string of the molecule is C=C(/C=C\C=C/C(C)S)C(=C)NCCCCCCNC(=C)C1=C(S)CCC=CC1. The van der Waals surface area contributed by atoms with E-state index in [0.717, 1.165) is 62.2 Å². The maximum Gasteiger partial charge on any atom is 0.0334 e. The van der Waals surface area contributed by atoms with Gasteiger partial charge in [-0.2, -0.15) is 12.6 Å². The molecule has 2 N–H and O–H groups in total. The number of nitrogens with one attached hydrogen (secondary N) is 2. The van der Waals surface area contributed by atoms with Gasteiger partial charge in [0.15, 0.2) is 0 Å². The molecule has 1 aliphatic rings. The highest BCUT2D eigenvalue weighted by Crippen LogP contribution is 2.26. The molecule has 0 radical (unpaired) electrons. The average Bonchev–Trinajstić information content (AvgIpc) is 2.90. The van der Waals surface area contributed by atoms with Gasteiger partial charge < -0.3 is 10.6 Å². The van der Waals surface area contributed by atoms with Gasteiger partial charge in [0.2, 0.25) is 0 Å². The normalized spacial score (nSPS) is 15.6. The maximum absolute atomic E-state index is 4.64. The first-order valence-electron chi connectivity index (χ1n) is 10.6. The molecule has 0 saturated carbocycles. The number of rotatable bonds is 14. The van der Waals surface area contributed by atoms with E-state index in [-0.39, 0.29) is 5.25 Å². The molecule has 4 heteroatoms. The zero-order chi connectivity index (χ0) is 21.5. The van der Waals surface area contributed by atoms with Crippen LogP contribution in [0.3, 0.4) is 0 Å². The molecule has 0 spiro atoms. The summed E-state index contributed by atoms with van der Waals surface area (Å²) in [5.41, 5.74) is 4.09. The number of hydrogen-bond acceptors (Lipinski definition) is 4. The molecule has 160 valence electrons. The van der Waals surface area contributed by atoms with Gasteiger partial charge in [0, 0.05) is 29.7 Å². The summed E-state index contributed by atoms with van der Waals surface area (Å²) >= 11 is 8.94. The minimum absolute atomic E-state index is 0.258. The first kappa shape index (κ1) is 25.5. The van der Waals surface area contributed by atoms with Crippen molar-refractivity contribution in [2.75, 3.05) is 13.1 Å². The van der Waals surface area contributed by atoms with E-state index in [4.69, 9.17) is 0 Å². The van der Waals surface area contributed by atoms with Crippen LogP contribution >= 0.6 is 25.3 Å². The Hall–Kier alpha value is -1.52. The summed E-state index contributed by atoms with van der Waals surface area (Å²) < 4.78 is 0. The van der Waals surface area contributed by atoms with Crippen LogP contribution in [-0.4, -0.2) is 18.3 Å². The van der Waals surface area contributed by atoms with Crippen LogP contribution in [0.4, 0.5) is 0 Å². The van der Waals surface area contributed by atoms with Crippen LogP contribution in [0.15, 0.2) is 83.6 Å². The standard InChI is InChI=1S/C25H38N2S2/c1-20(14-10-11-15-21(2)28)22(3)26-18-12-5-6-13-19-27-23(4)24-16-8-7-9-17-25(24)29/h7-8,10-11,14-15,21,26-29H,1,3-6,9,12-13,16-19H2,2H3/b14-10-,15-11-. The van der Waals surface area contributed by atoms with Crippen LogP contribution in [-0.2, 0) is 0 Å². The fourth-order valence-corrected chi connectivity index (χ4v) is 3.36. The van der Waals surface area contributed by atoms with Gasteiger partial charge in [0.1, 0.15) is 0 Å². The molecule has 1 aliphatic carbocycles. The van der Waals surface area contributed by atoms with Crippen molar-refractivity contribution in [1.29, 1.82) is 0 Å². The van der Waals surface area contributed by atoms with Crippen molar-refractivity contribution in [2.45, 2.75) is 57.1 Å². The van der Waals surface area contributed by atoms with E-state index in [9.17, 15) is 0 Å². The lowest BCUT2D eigenvalue weighted by atomic mass is 10.1. The summed E-state index contributed by atoms with van der Waals surface area (Å²) in [6.45, 7) is 16.2. The summed E-state index contributed by atoms with van der Waals surface area (Å²) in [7, 11) is 0. The van der Waals surface area contributed by atoms with Crippen LogP contribution in [0, 0.1) is 0 Å². The second kappa shape index (κ2) is 15.3. The molecule has 29 heavy (non-hydrogen) atoms. The van der Waals surface area contributed by atoms with E-state index >= 15 is 0 Å². The Morgan fingerprint density at radius 2 is 1.76 bits per heavy atom. The molecular formula is C25H38N2S2. The van der Waals surface area contributed by atoms with E-state index in [0.29, 0.717) is 0 Å². The predicted octanol–water partition coefficient (Wildman–Crippen LogP) is 6.66. The molecule has 0 bridgehead atoms. The van der Waals surface area contributed by atoms with Crippen molar-refractivity contribution < 1.29 is 0 Å². The van der Waals surface area contributed by atoms with Gasteiger partial charge in [-0.25, -0.2) is 0 Å². The van der Waals surface area contributed by atoms with Gasteiger partial charge in [0.25, 0.3) is 0 Å². The van der Waals surface area contributed by atoms with E-state index in [2.05, 4.69) is 67.8 Å². The van der Waals surface area contributed by atoms with Crippen molar-refractivity contribution >= 4 is 25.3 Å². The highest BCUT2D eigenvalue weighted by atomic mass is 32.1. The van der Waals surface area contributed by atoms with Crippen LogP contribution < -0.4 is 10.6 Å². The first-order valence-corrected chi connectivity index (χ1v) is 11.5. The lowest BCUT2D eigenvalue weighted by Gasteiger charge is -2.14. The molecule has 0 aromatic heterocycles. The smallest absolute Gasteiger partial charge is 0.0334 e. The average molecular weight is 431 g/mol. The van der Waals surface area contributed by atoms with E-state index in [1.165, 1.54) is 23.3 Å². The summed E-state index contributed by atoms with van der Waals surface area (Å²) in [4.78, 5) is 1.17. The predicted molar refractivity (Wildman–Crippen MR) is 138 cm³/mol. The lowest BCUT2D eigenvalue weighted by molar-refractivity contribution is 0.604. The minimum Gasteiger partial charge on any atom is -0.385 e. The van der Waals surface area contributed by atoms with Crippen LogP contribution in [0.5, 0.6) is 0 Å². The van der Waals surface area contributed by atoms with E-state index in [1.54, 1.807) is 0 Å². The molecule has 0 heterocycles. The van der Waals surface area contributed by atoms with Gasteiger partial charge in [-0.3, -0.25) is 0 Å². The summed E-state index contributed by atoms with van der Waals surface area (Å²) in [5.74, 6) is 0. The molecule has 1 rings (SSSR count). The third kappa shape index (κ3) is 11.9. The second-order valence-corrected chi connectivity index (χ2v) is 8.73. The Balaban J connectivity index is 2.09. The number of hydrogen-bond donors (Lipinski definition) is 4. The Kier molecular flexibility index (Phi) is 13.5. The zero-order valence-corrected chi connectivity index (χ0v) is 19.7. The van der Waals surface area contributed by atoms with Crippen LogP contribution in [0.1, 0.15) is 51.9 Å². The molecule has 0 aromatic rings. The molecule has 0 aliphatic heterocycles. The largest absolute Gasteiger partial charge is 0.385 e. The minimum atomic E-state index is 0.258. The highest BCUT2D eigenvalue weighted by Gasteiger charge is 2.08. The summed E-state index contributed by atoms with van der Waals surface area (Å²) in [5, 5.41) is 7.09. The monoisotopic (exact) mass is 430 g/mol. The quantitative estimate of drug-likeness (QED) is 0.107. The first-order chi connectivity index (χ1) is 13.9. The summed E-state index contributed by atoms with van der Waals surface area (Å²) in [6, 6.07) is 0. The van der Waals surface area contributed by atoms with Gasteiger partial charge in [-0.15, -0.1) is 12.6 Å². The van der Waals surface area contributed by atoms with Gasteiger partial charge >= 0.3 is 0 Å². The highest BCUT2D eigenvalue weighted by molar-refractivity contribution is 7.84. The fraction of sp³-hybridized carbons (Fsp3) is 0.440. The van der Waals surface area contributed by atoms with Gasteiger partial charge in [-0.1, -0.05) is 69.0 Å². The number of unbranched alkanes of at least 4 members (excludes halogenated alkanes) is 3. The van der Waals surface area contributed by atoms with Crippen molar-refractivity contribution in [1.82, 2.24) is 10.6 Å². The lowest BCUT2D eigenvalue weighted by Crippen LogP contribution is -2.16. The number of allylic oxidation sites excluding steroid dienone is 7. The van der Waals surface area contributed by atoms with Crippen molar-refractivity contribution in [3.05, 3.63) is 83.6 Å². The number of thiol groups is 2. The molecule has 2 nitrogen and oxygen atoms in total. The van der Waals surface area contributed by atoms with Crippen LogP contribution in [0.25, 0.3) is 0 Å². The third-order valence-corrected chi connectivity index (χ3v) is 5.38. The molecule has 1 atom stereocenters. The molecule has 0 aromatic carbocycles. The molecule has 0 saturated heterocycles. The second-order valence-electron chi connectivity index (χ2n) is 7.37. The molecular weight excluding hydrogens is 392 g/mol. The zero-order valence-electron chi connectivity index (χ0n) is 17.9. The Morgan fingerprint density at radius 1 is 1.07 bits per heavy atom. The Bertz CT molecular complexity index is 666. The molecule has 0 amide bonds. The van der Waals surface area contributed by atoms with Gasteiger partial charge in [-0.05, 0) is 55.1 Å². The fourth-order valence-electron chi connectivity index (χ4n) is 2.90. The van der Waals surface area contributed by atoms with E-state index < -0.39 is 0 Å².